The van der Waals surface area contributed by atoms with Gasteiger partial charge < -0.3 is 19.6 Å². The molecule has 0 aromatic heterocycles. The molecule has 19 heavy (non-hydrogen) atoms. The minimum absolute atomic E-state index is 0.0709. The Kier molecular flexibility index (Phi) is 6.08. The molecule has 6 nitrogen and oxygen atoms in total. The fourth-order valence-electron chi connectivity index (χ4n) is 2.28. The third kappa shape index (κ3) is 4.70. The summed E-state index contributed by atoms with van der Waals surface area (Å²) in [7, 11) is 0. The molecule has 1 rings (SSSR count). The van der Waals surface area contributed by atoms with Crippen molar-refractivity contribution in [1.82, 2.24) is 9.80 Å². The van der Waals surface area contributed by atoms with Crippen molar-refractivity contribution < 1.29 is 19.4 Å². The molecular weight excluding hydrogens is 248 g/mol. The van der Waals surface area contributed by atoms with Gasteiger partial charge in [-0.3, -0.25) is 4.79 Å². The molecule has 1 aliphatic rings. The Labute approximate surface area is 114 Å². The van der Waals surface area contributed by atoms with Crippen LogP contribution in [0.2, 0.25) is 0 Å². The van der Waals surface area contributed by atoms with Crippen molar-refractivity contribution in [2.45, 2.75) is 45.8 Å². The molecular formula is C13H24N2O4. The number of ether oxygens (including phenoxy) is 1. The van der Waals surface area contributed by atoms with E-state index in [1.807, 2.05) is 20.8 Å². The zero-order valence-electron chi connectivity index (χ0n) is 12.0. The molecule has 6 heteroatoms. The van der Waals surface area contributed by atoms with Gasteiger partial charge in [0.2, 0.25) is 0 Å². The topological polar surface area (TPSA) is 70.1 Å². The third-order valence-corrected chi connectivity index (χ3v) is 3.23. The van der Waals surface area contributed by atoms with Gasteiger partial charge in [-0.15, -0.1) is 0 Å². The number of aliphatic carboxylic acids is 1. The van der Waals surface area contributed by atoms with Gasteiger partial charge in [-0.05, 0) is 33.6 Å². The fourth-order valence-corrected chi connectivity index (χ4v) is 2.28. The Morgan fingerprint density at radius 3 is 2.68 bits per heavy atom. The lowest BCUT2D eigenvalue weighted by atomic mass is 10.1. The highest BCUT2D eigenvalue weighted by Crippen LogP contribution is 2.16. The van der Waals surface area contributed by atoms with Crippen molar-refractivity contribution in [3.8, 4) is 0 Å². The molecule has 110 valence electrons. The second kappa shape index (κ2) is 7.33. The van der Waals surface area contributed by atoms with Crippen molar-refractivity contribution >= 4 is 12.0 Å². The van der Waals surface area contributed by atoms with Crippen molar-refractivity contribution in [2.24, 2.45) is 0 Å². The maximum absolute atomic E-state index is 12.4. The summed E-state index contributed by atoms with van der Waals surface area (Å²) in [6, 6.07) is -0.335. The summed E-state index contributed by atoms with van der Waals surface area (Å²) < 4.78 is 5.56. The maximum Gasteiger partial charge on any atom is 0.323 e. The first-order chi connectivity index (χ1) is 8.95. The molecule has 0 aromatic rings. The molecule has 0 bridgehead atoms. The van der Waals surface area contributed by atoms with Gasteiger partial charge in [-0.2, -0.15) is 0 Å². The van der Waals surface area contributed by atoms with Crippen molar-refractivity contribution in [2.75, 3.05) is 26.2 Å². The van der Waals surface area contributed by atoms with E-state index < -0.39 is 5.97 Å². The van der Waals surface area contributed by atoms with Gasteiger partial charge in [0.15, 0.2) is 0 Å². The first-order valence-corrected chi connectivity index (χ1v) is 6.84. The Bertz CT molecular complexity index is 318. The second-order valence-corrected chi connectivity index (χ2v) is 5.06. The summed E-state index contributed by atoms with van der Waals surface area (Å²) in [5.41, 5.74) is 0. The van der Waals surface area contributed by atoms with Gasteiger partial charge in [0.25, 0.3) is 0 Å². The number of piperidine rings is 1. The van der Waals surface area contributed by atoms with Crippen LogP contribution in [0.1, 0.15) is 33.6 Å². The number of carbonyl (C=O) groups excluding carboxylic acids is 1. The van der Waals surface area contributed by atoms with E-state index in [9.17, 15) is 9.59 Å². The Morgan fingerprint density at radius 2 is 2.16 bits per heavy atom. The second-order valence-electron chi connectivity index (χ2n) is 5.06. The molecule has 2 amide bonds. The van der Waals surface area contributed by atoms with Crippen molar-refractivity contribution in [3.63, 3.8) is 0 Å². The number of rotatable bonds is 5. The van der Waals surface area contributed by atoms with Crippen LogP contribution in [-0.2, 0) is 9.53 Å². The van der Waals surface area contributed by atoms with Gasteiger partial charge >= 0.3 is 12.0 Å². The van der Waals surface area contributed by atoms with Crippen LogP contribution in [-0.4, -0.2) is 65.3 Å². The lowest BCUT2D eigenvalue weighted by Gasteiger charge is -2.37. The molecule has 0 radical (unpaired) electrons. The van der Waals surface area contributed by atoms with Crippen molar-refractivity contribution in [1.29, 1.82) is 0 Å². The normalized spacial score (nSPS) is 19.6. The maximum atomic E-state index is 12.4. The zero-order valence-corrected chi connectivity index (χ0v) is 12.0. The standard InChI is InChI=1S/C13H24N2O4/c1-4-19-11-6-5-7-14(8-11)13(18)15(10(2)3)9-12(16)17/h10-11H,4-9H2,1-3H3,(H,16,17). The molecule has 1 aliphatic heterocycles. The summed E-state index contributed by atoms with van der Waals surface area (Å²) in [5, 5.41) is 8.88. The first kappa shape index (κ1) is 15.8. The van der Waals surface area contributed by atoms with Crippen LogP contribution in [0.25, 0.3) is 0 Å². The molecule has 1 atom stereocenters. The molecule has 1 unspecified atom stereocenters. The number of amides is 2. The smallest absolute Gasteiger partial charge is 0.323 e. The molecule has 0 aliphatic carbocycles. The summed E-state index contributed by atoms with van der Waals surface area (Å²) in [6.45, 7) is 7.18. The van der Waals surface area contributed by atoms with Crippen LogP contribution in [0.15, 0.2) is 0 Å². The monoisotopic (exact) mass is 272 g/mol. The molecule has 1 fully saturated rings. The summed E-state index contributed by atoms with van der Waals surface area (Å²) >= 11 is 0. The predicted molar refractivity (Wildman–Crippen MR) is 71.1 cm³/mol. The van der Waals surface area contributed by atoms with Crippen LogP contribution in [0.4, 0.5) is 4.79 Å². The Balaban J connectivity index is 2.65. The minimum atomic E-state index is -0.986. The lowest BCUT2D eigenvalue weighted by Crippen LogP contribution is -2.52. The van der Waals surface area contributed by atoms with Crippen LogP contribution >= 0.6 is 0 Å². The molecule has 0 saturated carbocycles. The van der Waals surface area contributed by atoms with E-state index in [0.29, 0.717) is 19.7 Å². The van der Waals surface area contributed by atoms with Gasteiger partial charge in [0.05, 0.1) is 6.10 Å². The first-order valence-electron chi connectivity index (χ1n) is 6.84. The number of hydrogen-bond acceptors (Lipinski definition) is 3. The summed E-state index contributed by atoms with van der Waals surface area (Å²) in [6.07, 6.45) is 1.93. The largest absolute Gasteiger partial charge is 0.480 e. The number of likely N-dealkylation sites (tertiary alicyclic amines) is 1. The highest BCUT2D eigenvalue weighted by molar-refractivity contribution is 5.80. The highest BCUT2D eigenvalue weighted by Gasteiger charge is 2.29. The number of hydrogen-bond donors (Lipinski definition) is 1. The fraction of sp³-hybridized carbons (Fsp3) is 0.846. The van der Waals surface area contributed by atoms with Gasteiger partial charge in [-0.1, -0.05) is 0 Å². The van der Waals surface area contributed by atoms with Crippen LogP contribution < -0.4 is 0 Å². The minimum Gasteiger partial charge on any atom is -0.480 e. The quantitative estimate of drug-likeness (QED) is 0.821. The van der Waals surface area contributed by atoms with Crippen molar-refractivity contribution in [3.05, 3.63) is 0 Å². The molecule has 1 heterocycles. The van der Waals surface area contributed by atoms with E-state index in [-0.39, 0.29) is 24.7 Å². The van der Waals surface area contributed by atoms with Gasteiger partial charge in [0.1, 0.15) is 6.54 Å². The van der Waals surface area contributed by atoms with E-state index in [0.717, 1.165) is 12.8 Å². The number of carboxylic acids is 1. The molecule has 1 N–H and O–H groups in total. The Hall–Kier alpha value is -1.30. The number of carboxylic acid groups (broad SMARTS) is 1. The van der Waals surface area contributed by atoms with Crippen LogP contribution in [0.5, 0.6) is 0 Å². The van der Waals surface area contributed by atoms with E-state index in [2.05, 4.69) is 0 Å². The number of nitrogens with zero attached hydrogens (tertiary/aromatic N) is 2. The van der Waals surface area contributed by atoms with Gasteiger partial charge in [0, 0.05) is 25.7 Å². The lowest BCUT2D eigenvalue weighted by molar-refractivity contribution is -0.138. The van der Waals surface area contributed by atoms with Crippen LogP contribution in [0, 0.1) is 0 Å². The van der Waals surface area contributed by atoms with E-state index in [1.54, 1.807) is 4.90 Å². The highest BCUT2D eigenvalue weighted by atomic mass is 16.5. The summed E-state index contributed by atoms with van der Waals surface area (Å²) in [4.78, 5) is 26.3. The molecule has 0 spiro atoms. The van der Waals surface area contributed by atoms with E-state index >= 15 is 0 Å². The third-order valence-electron chi connectivity index (χ3n) is 3.23. The molecule has 0 aromatic carbocycles. The van der Waals surface area contributed by atoms with E-state index in [4.69, 9.17) is 9.84 Å². The van der Waals surface area contributed by atoms with E-state index in [1.165, 1.54) is 4.90 Å². The average molecular weight is 272 g/mol. The Morgan fingerprint density at radius 1 is 1.47 bits per heavy atom. The summed E-state index contributed by atoms with van der Waals surface area (Å²) in [5.74, 6) is -0.986. The van der Waals surface area contributed by atoms with Crippen LogP contribution in [0.3, 0.4) is 0 Å². The SMILES string of the molecule is CCOC1CCCN(C(=O)N(CC(=O)O)C(C)C)C1. The predicted octanol–water partition coefficient (Wildman–Crippen LogP) is 1.40. The number of urea groups is 1. The van der Waals surface area contributed by atoms with Gasteiger partial charge in [-0.25, -0.2) is 4.79 Å². The zero-order chi connectivity index (χ0) is 14.4. The molecule has 1 saturated heterocycles. The average Bonchev–Trinajstić information content (AvgIpc) is 2.35. The number of carbonyl (C=O) groups is 2.